The lowest BCUT2D eigenvalue weighted by Crippen LogP contribution is -2.34. The zero-order chi connectivity index (χ0) is 18.9. The molecular weight excluding hydrogens is 455 g/mol. The van der Waals surface area contributed by atoms with Crippen LogP contribution in [0.5, 0.6) is 0 Å². The zero-order valence-corrected chi connectivity index (χ0v) is 17.2. The number of hydrogen-bond acceptors (Lipinski definition) is 3. The van der Waals surface area contributed by atoms with Gasteiger partial charge in [0.2, 0.25) is 9.63 Å². The van der Waals surface area contributed by atoms with Crippen molar-refractivity contribution in [2.45, 2.75) is 22.6 Å². The summed E-state index contributed by atoms with van der Waals surface area (Å²) in [7, 11) is 0. The quantitative estimate of drug-likeness (QED) is 0.334. The second kappa shape index (κ2) is 8.07. The summed E-state index contributed by atoms with van der Waals surface area (Å²) in [6.45, 7) is 2.01. The van der Waals surface area contributed by atoms with Gasteiger partial charge >= 0.3 is 6.03 Å². The first-order chi connectivity index (χ1) is 11.6. The van der Waals surface area contributed by atoms with Gasteiger partial charge in [-0.05, 0) is 24.6 Å². The smallest absolute Gasteiger partial charge is 0.265 e. The first-order valence-corrected chi connectivity index (χ1v) is 9.30. The molecule has 11 heteroatoms. The third-order valence-corrected chi connectivity index (χ3v) is 5.09. The van der Waals surface area contributed by atoms with E-state index in [9.17, 15) is 9.59 Å². The summed E-state index contributed by atoms with van der Waals surface area (Å²) < 4.78 is -1.97. The van der Waals surface area contributed by atoms with E-state index in [1.54, 1.807) is 0 Å². The largest absolute Gasteiger partial charge is 0.337 e. The number of carbonyl (C=O) groups excluding carboxylic acids is 2. The number of amides is 3. The highest BCUT2D eigenvalue weighted by Crippen LogP contribution is 2.37. The maximum absolute atomic E-state index is 12.7. The van der Waals surface area contributed by atoms with Crippen molar-refractivity contribution in [1.82, 2.24) is 4.90 Å². The number of urea groups is 1. The van der Waals surface area contributed by atoms with Gasteiger partial charge in [-0.25, -0.2) is 14.7 Å². The van der Waals surface area contributed by atoms with Crippen LogP contribution in [0, 0.1) is 0 Å². The Kier molecular flexibility index (Phi) is 6.74. The standard InChI is InChI=1S/C14H11Cl6N3O2/c1-2-5-22-11(24)10(21-12(17)14(18,19)20)23(13(22)25)9-4-3-7(15)6-8(9)16/h3-4,6,12H,2,5H2,1H3. The minimum atomic E-state index is -1.97. The highest BCUT2D eigenvalue weighted by molar-refractivity contribution is 6.70. The molecule has 1 aliphatic heterocycles. The number of benzene rings is 1. The van der Waals surface area contributed by atoms with Crippen molar-refractivity contribution in [1.29, 1.82) is 0 Å². The first kappa shape index (κ1) is 20.9. The van der Waals surface area contributed by atoms with Gasteiger partial charge in [0.05, 0.1) is 10.7 Å². The molecule has 0 saturated carbocycles. The monoisotopic (exact) mass is 463 g/mol. The average molecular weight is 466 g/mol. The molecular formula is C14H11Cl6N3O2. The van der Waals surface area contributed by atoms with Gasteiger partial charge in [0.1, 0.15) is 0 Å². The molecule has 0 radical (unpaired) electrons. The van der Waals surface area contributed by atoms with E-state index >= 15 is 0 Å². The Bertz CT molecular complexity index is 734. The minimum absolute atomic E-state index is 0.153. The number of halogens is 6. The summed E-state index contributed by atoms with van der Waals surface area (Å²) in [6.07, 6.45) is 0.557. The summed E-state index contributed by atoms with van der Waals surface area (Å²) in [6, 6.07) is 3.82. The van der Waals surface area contributed by atoms with E-state index in [4.69, 9.17) is 69.6 Å². The number of carbonyl (C=O) groups is 2. The van der Waals surface area contributed by atoms with Gasteiger partial charge in [-0.2, -0.15) is 0 Å². The van der Waals surface area contributed by atoms with Gasteiger partial charge in [-0.1, -0.05) is 76.5 Å². The fourth-order valence-electron chi connectivity index (χ4n) is 2.11. The number of rotatable bonds is 4. The predicted octanol–water partition coefficient (Wildman–Crippen LogP) is 5.51. The second-order valence-corrected chi connectivity index (χ2v) is 8.63. The highest BCUT2D eigenvalue weighted by atomic mass is 35.6. The van der Waals surface area contributed by atoms with Crippen molar-refractivity contribution in [2.24, 2.45) is 4.99 Å². The maximum Gasteiger partial charge on any atom is 0.337 e. The van der Waals surface area contributed by atoms with Crippen molar-refractivity contribution in [3.63, 3.8) is 0 Å². The van der Waals surface area contributed by atoms with Crippen LogP contribution in [-0.4, -0.2) is 38.5 Å². The lowest BCUT2D eigenvalue weighted by Gasteiger charge is -2.19. The molecule has 5 nitrogen and oxygen atoms in total. The van der Waals surface area contributed by atoms with Gasteiger partial charge in [0.25, 0.3) is 5.91 Å². The van der Waals surface area contributed by atoms with Crippen molar-refractivity contribution in [3.05, 3.63) is 28.2 Å². The third-order valence-electron chi connectivity index (χ3n) is 3.17. The van der Waals surface area contributed by atoms with Crippen LogP contribution in [0.4, 0.5) is 10.5 Å². The molecule has 1 aliphatic rings. The number of hydrogen-bond donors (Lipinski definition) is 0. The molecule has 1 saturated heterocycles. The highest BCUT2D eigenvalue weighted by Gasteiger charge is 2.45. The molecule has 1 unspecified atom stereocenters. The van der Waals surface area contributed by atoms with E-state index in [-0.39, 0.29) is 23.1 Å². The lowest BCUT2D eigenvalue weighted by molar-refractivity contribution is -0.120. The number of aliphatic imine (C=N–C) groups is 1. The number of anilines is 1. The molecule has 136 valence electrons. The molecule has 0 N–H and O–H groups in total. The van der Waals surface area contributed by atoms with Crippen LogP contribution in [-0.2, 0) is 4.79 Å². The Morgan fingerprint density at radius 3 is 2.36 bits per heavy atom. The van der Waals surface area contributed by atoms with Gasteiger partial charge in [0, 0.05) is 11.6 Å². The van der Waals surface area contributed by atoms with Crippen molar-refractivity contribution < 1.29 is 9.59 Å². The van der Waals surface area contributed by atoms with Gasteiger partial charge < -0.3 is 0 Å². The summed E-state index contributed by atoms with van der Waals surface area (Å²) in [4.78, 5) is 31.3. The number of imide groups is 1. The molecule has 2 rings (SSSR count). The van der Waals surface area contributed by atoms with Crippen LogP contribution in [0.2, 0.25) is 10.0 Å². The molecule has 1 heterocycles. The molecule has 0 aromatic heterocycles. The van der Waals surface area contributed by atoms with E-state index < -0.39 is 21.2 Å². The molecule has 0 aliphatic carbocycles. The fourth-order valence-corrected chi connectivity index (χ4v) is 2.84. The molecule has 1 aromatic rings. The normalized spacial score (nSPS) is 18.4. The Labute approximate surface area is 174 Å². The van der Waals surface area contributed by atoms with Crippen molar-refractivity contribution >= 4 is 93.1 Å². The average Bonchev–Trinajstić information content (AvgIpc) is 2.72. The predicted molar refractivity (Wildman–Crippen MR) is 104 cm³/mol. The molecule has 1 aromatic carbocycles. The van der Waals surface area contributed by atoms with Crippen LogP contribution < -0.4 is 4.90 Å². The fraction of sp³-hybridized carbons (Fsp3) is 0.357. The zero-order valence-electron chi connectivity index (χ0n) is 12.6. The van der Waals surface area contributed by atoms with E-state index in [0.29, 0.717) is 11.4 Å². The molecule has 1 atom stereocenters. The van der Waals surface area contributed by atoms with Crippen LogP contribution in [0.25, 0.3) is 0 Å². The van der Waals surface area contributed by atoms with E-state index in [1.165, 1.54) is 18.2 Å². The summed E-state index contributed by atoms with van der Waals surface area (Å²) in [5.41, 5.74) is -1.17. The van der Waals surface area contributed by atoms with Crippen LogP contribution in [0.3, 0.4) is 0 Å². The summed E-state index contributed by atoms with van der Waals surface area (Å²) >= 11 is 35.1. The van der Waals surface area contributed by atoms with Crippen LogP contribution in [0.1, 0.15) is 13.3 Å². The maximum atomic E-state index is 12.7. The summed E-state index contributed by atoms with van der Waals surface area (Å²) in [5.74, 6) is -0.938. The lowest BCUT2D eigenvalue weighted by atomic mass is 10.3. The van der Waals surface area contributed by atoms with E-state index in [2.05, 4.69) is 4.99 Å². The van der Waals surface area contributed by atoms with Crippen LogP contribution >= 0.6 is 69.6 Å². The first-order valence-electron chi connectivity index (χ1n) is 6.97. The molecule has 25 heavy (non-hydrogen) atoms. The van der Waals surface area contributed by atoms with Crippen molar-refractivity contribution in [3.8, 4) is 0 Å². The number of alkyl halides is 4. The number of nitrogens with zero attached hydrogens (tertiary/aromatic N) is 3. The minimum Gasteiger partial charge on any atom is -0.265 e. The van der Waals surface area contributed by atoms with Gasteiger partial charge in [-0.3, -0.25) is 9.69 Å². The second-order valence-electron chi connectivity index (χ2n) is 5.00. The topological polar surface area (TPSA) is 53.0 Å². The SMILES string of the molecule is CCCN1C(=O)C(=NC(Cl)C(Cl)(Cl)Cl)N(c2ccc(Cl)cc2Cl)C1=O. The van der Waals surface area contributed by atoms with E-state index in [0.717, 1.165) is 9.80 Å². The molecule has 1 fully saturated rings. The van der Waals surface area contributed by atoms with Crippen molar-refractivity contribution in [2.75, 3.05) is 11.4 Å². The molecule has 0 spiro atoms. The molecule has 0 bridgehead atoms. The Balaban J connectivity index is 2.57. The van der Waals surface area contributed by atoms with Gasteiger partial charge in [-0.15, -0.1) is 0 Å². The Morgan fingerprint density at radius 1 is 1.20 bits per heavy atom. The van der Waals surface area contributed by atoms with E-state index in [1.807, 2.05) is 6.92 Å². The Morgan fingerprint density at radius 2 is 1.84 bits per heavy atom. The third kappa shape index (κ3) is 4.46. The summed E-state index contributed by atoms with van der Waals surface area (Å²) in [5, 5.41) is 0.520. The van der Waals surface area contributed by atoms with Crippen LogP contribution in [0.15, 0.2) is 23.2 Å². The Hall–Kier alpha value is -0.430. The molecule has 3 amide bonds. The number of amidine groups is 1. The van der Waals surface area contributed by atoms with Gasteiger partial charge in [0.15, 0.2) is 5.50 Å².